The molecule has 6 nitrogen and oxygen atoms in total. The lowest BCUT2D eigenvalue weighted by atomic mass is 9.95. The zero-order valence-corrected chi connectivity index (χ0v) is 14.8. The van der Waals surface area contributed by atoms with Crippen LogP contribution in [0.15, 0.2) is 6.07 Å². The van der Waals surface area contributed by atoms with Crippen molar-refractivity contribution in [2.24, 2.45) is 0 Å². The predicted molar refractivity (Wildman–Crippen MR) is 90.3 cm³/mol. The summed E-state index contributed by atoms with van der Waals surface area (Å²) in [6.45, 7) is 3.82. The molecule has 23 heavy (non-hydrogen) atoms. The second kappa shape index (κ2) is 6.07. The van der Waals surface area contributed by atoms with E-state index in [4.69, 9.17) is 16.3 Å². The molecule has 0 aromatic carbocycles. The maximum atomic E-state index is 10.3. The van der Waals surface area contributed by atoms with Crippen molar-refractivity contribution in [3.05, 3.63) is 11.2 Å². The number of anilines is 1. The highest BCUT2D eigenvalue weighted by atomic mass is 35.5. The molecule has 0 bridgehead atoms. The predicted octanol–water partition coefficient (Wildman–Crippen LogP) is 1.95. The Morgan fingerprint density at radius 2 is 2.09 bits per heavy atom. The van der Waals surface area contributed by atoms with E-state index in [9.17, 15) is 5.11 Å². The standard InChI is InChI=1S/C16H25ClN4O2/c1-15(22)5-4-8-21(10-15)13-9-12(17)18-14(19-13)23-11-16(6-7-16)20(2)3/h9,22H,4-8,10-11H2,1-3H3/t15-/m1/s1. The van der Waals surface area contributed by atoms with Crippen molar-refractivity contribution >= 4 is 17.4 Å². The van der Waals surface area contributed by atoms with Crippen LogP contribution < -0.4 is 9.64 Å². The summed E-state index contributed by atoms with van der Waals surface area (Å²) in [5, 5.41) is 10.6. The fraction of sp³-hybridized carbons (Fsp3) is 0.750. The Morgan fingerprint density at radius 3 is 2.70 bits per heavy atom. The van der Waals surface area contributed by atoms with E-state index >= 15 is 0 Å². The number of hydrogen-bond acceptors (Lipinski definition) is 6. The van der Waals surface area contributed by atoms with E-state index in [1.54, 1.807) is 6.07 Å². The van der Waals surface area contributed by atoms with Gasteiger partial charge in [0.05, 0.1) is 11.1 Å². The van der Waals surface area contributed by atoms with Gasteiger partial charge in [-0.15, -0.1) is 0 Å². The summed E-state index contributed by atoms with van der Waals surface area (Å²) >= 11 is 6.14. The summed E-state index contributed by atoms with van der Waals surface area (Å²) in [5.41, 5.74) is -0.583. The van der Waals surface area contributed by atoms with Crippen molar-refractivity contribution in [3.8, 4) is 6.01 Å². The molecule has 1 aromatic heterocycles. The SMILES string of the molecule is CN(C)C1(COc2nc(Cl)cc(N3CCC[C@@](C)(O)C3)n2)CC1. The molecule has 7 heteroatoms. The van der Waals surface area contributed by atoms with Crippen LogP contribution in [0.3, 0.4) is 0 Å². The van der Waals surface area contributed by atoms with E-state index in [0.717, 1.165) is 38.0 Å². The van der Waals surface area contributed by atoms with Crippen LogP contribution in [0.1, 0.15) is 32.6 Å². The second-order valence-corrected chi connectivity index (χ2v) is 7.65. The topological polar surface area (TPSA) is 61.7 Å². The Labute approximate surface area is 142 Å². The highest BCUT2D eigenvalue weighted by Gasteiger charge is 2.46. The Bertz CT molecular complexity index is 575. The van der Waals surface area contributed by atoms with Crippen molar-refractivity contribution in [2.75, 3.05) is 38.7 Å². The molecule has 2 heterocycles. The molecule has 128 valence electrons. The molecule has 0 amide bonds. The summed E-state index contributed by atoms with van der Waals surface area (Å²) in [7, 11) is 4.13. The third-order valence-electron chi connectivity index (χ3n) is 4.91. The zero-order valence-electron chi connectivity index (χ0n) is 14.0. The fourth-order valence-corrected chi connectivity index (χ4v) is 3.26. The van der Waals surface area contributed by atoms with Gasteiger partial charge in [-0.3, -0.25) is 0 Å². The van der Waals surface area contributed by atoms with E-state index < -0.39 is 5.60 Å². The first-order valence-corrected chi connectivity index (χ1v) is 8.50. The average molecular weight is 341 g/mol. The van der Waals surface area contributed by atoms with Gasteiger partial charge in [0.25, 0.3) is 0 Å². The smallest absolute Gasteiger partial charge is 0.319 e. The number of aliphatic hydroxyl groups is 1. The maximum Gasteiger partial charge on any atom is 0.319 e. The third-order valence-corrected chi connectivity index (χ3v) is 5.10. The van der Waals surface area contributed by atoms with Crippen LogP contribution in [-0.2, 0) is 0 Å². The lowest BCUT2D eigenvalue weighted by molar-refractivity contribution is 0.0446. The molecule has 1 N–H and O–H groups in total. The number of hydrogen-bond donors (Lipinski definition) is 1. The monoisotopic (exact) mass is 340 g/mol. The van der Waals surface area contributed by atoms with Crippen molar-refractivity contribution in [1.29, 1.82) is 0 Å². The normalized spacial score (nSPS) is 26.4. The van der Waals surface area contributed by atoms with Gasteiger partial charge in [0.1, 0.15) is 17.6 Å². The van der Waals surface area contributed by atoms with Crippen LogP contribution in [-0.4, -0.2) is 64.9 Å². The Kier molecular flexibility index (Phi) is 4.42. The van der Waals surface area contributed by atoms with Crippen LogP contribution in [0.4, 0.5) is 5.82 Å². The maximum absolute atomic E-state index is 10.3. The number of nitrogens with zero attached hydrogens (tertiary/aromatic N) is 4. The molecular formula is C16H25ClN4O2. The molecule has 2 aliphatic rings. The van der Waals surface area contributed by atoms with E-state index in [0.29, 0.717) is 24.3 Å². The summed E-state index contributed by atoms with van der Waals surface area (Å²) in [5.74, 6) is 0.717. The number of piperidine rings is 1. The minimum absolute atomic E-state index is 0.112. The number of rotatable bonds is 5. The fourth-order valence-electron chi connectivity index (χ4n) is 3.09. The largest absolute Gasteiger partial charge is 0.461 e. The van der Waals surface area contributed by atoms with Gasteiger partial charge in [-0.1, -0.05) is 11.6 Å². The molecule has 0 radical (unpaired) electrons. The first kappa shape index (κ1) is 16.7. The Balaban J connectivity index is 1.72. The first-order chi connectivity index (χ1) is 10.8. The van der Waals surface area contributed by atoms with Crippen LogP contribution in [0.2, 0.25) is 5.15 Å². The van der Waals surface area contributed by atoms with Crippen molar-refractivity contribution in [3.63, 3.8) is 0 Å². The molecule has 1 atom stereocenters. The molecule has 3 rings (SSSR count). The van der Waals surface area contributed by atoms with E-state index in [-0.39, 0.29) is 5.54 Å². The van der Waals surface area contributed by atoms with E-state index in [2.05, 4.69) is 29.0 Å². The number of β-amino-alcohol motifs (C(OH)–C–C–N with tert-alkyl or cyclic N) is 1. The zero-order chi connectivity index (χ0) is 16.7. The van der Waals surface area contributed by atoms with Crippen LogP contribution in [0, 0.1) is 0 Å². The number of likely N-dealkylation sites (N-methyl/N-ethyl adjacent to an activating group) is 1. The highest BCUT2D eigenvalue weighted by molar-refractivity contribution is 6.29. The van der Waals surface area contributed by atoms with Gasteiger partial charge in [-0.05, 0) is 46.7 Å². The molecule has 1 saturated heterocycles. The summed E-state index contributed by atoms with van der Waals surface area (Å²) < 4.78 is 5.82. The number of ether oxygens (including phenoxy) is 1. The van der Waals surface area contributed by atoms with Gasteiger partial charge in [0.2, 0.25) is 0 Å². The molecule has 1 aliphatic heterocycles. The van der Waals surface area contributed by atoms with Crippen LogP contribution in [0.5, 0.6) is 6.01 Å². The van der Waals surface area contributed by atoms with Crippen molar-refractivity contribution in [2.45, 2.75) is 43.7 Å². The lowest BCUT2D eigenvalue weighted by Gasteiger charge is -2.37. The molecule has 1 aromatic rings. The lowest BCUT2D eigenvalue weighted by Crippen LogP contribution is -2.46. The van der Waals surface area contributed by atoms with E-state index in [1.165, 1.54) is 0 Å². The average Bonchev–Trinajstić information content (AvgIpc) is 3.25. The number of aromatic nitrogens is 2. The molecule has 2 fully saturated rings. The molecule has 0 spiro atoms. The van der Waals surface area contributed by atoms with Crippen molar-refractivity contribution < 1.29 is 9.84 Å². The van der Waals surface area contributed by atoms with Crippen LogP contribution >= 0.6 is 11.6 Å². The van der Waals surface area contributed by atoms with Gasteiger partial charge in [0.15, 0.2) is 0 Å². The molecule has 1 aliphatic carbocycles. The Morgan fingerprint density at radius 1 is 1.35 bits per heavy atom. The van der Waals surface area contributed by atoms with Crippen molar-refractivity contribution in [1.82, 2.24) is 14.9 Å². The minimum Gasteiger partial charge on any atom is -0.461 e. The Hall–Kier alpha value is -1.11. The summed E-state index contributed by atoms with van der Waals surface area (Å²) in [4.78, 5) is 12.9. The highest BCUT2D eigenvalue weighted by Crippen LogP contribution is 2.40. The van der Waals surface area contributed by atoms with E-state index in [1.807, 2.05) is 11.8 Å². The minimum atomic E-state index is -0.695. The van der Waals surface area contributed by atoms with Crippen LogP contribution in [0.25, 0.3) is 0 Å². The third kappa shape index (κ3) is 3.87. The quantitative estimate of drug-likeness (QED) is 0.827. The van der Waals surface area contributed by atoms with Gasteiger partial charge in [-0.2, -0.15) is 9.97 Å². The summed E-state index contributed by atoms with van der Waals surface area (Å²) in [6.07, 6.45) is 3.98. The second-order valence-electron chi connectivity index (χ2n) is 7.26. The van der Waals surface area contributed by atoms with Gasteiger partial charge >= 0.3 is 6.01 Å². The van der Waals surface area contributed by atoms with Gasteiger partial charge in [-0.25, -0.2) is 0 Å². The molecule has 0 unspecified atom stereocenters. The summed E-state index contributed by atoms with van der Waals surface area (Å²) in [6, 6.07) is 2.04. The number of halogens is 1. The molecular weight excluding hydrogens is 316 g/mol. The van der Waals surface area contributed by atoms with Gasteiger partial charge in [0, 0.05) is 19.2 Å². The van der Waals surface area contributed by atoms with Gasteiger partial charge < -0.3 is 19.6 Å². The first-order valence-electron chi connectivity index (χ1n) is 8.12. The molecule has 1 saturated carbocycles.